The SMILES string of the molecule is CCOC(=O)c1nc(C(CC)(CC)OCC)no1. The van der Waals surface area contributed by atoms with E-state index in [9.17, 15) is 4.79 Å². The van der Waals surface area contributed by atoms with Gasteiger partial charge in [-0.2, -0.15) is 4.98 Å². The molecule has 0 aliphatic heterocycles. The maximum atomic E-state index is 11.5. The molecule has 0 N–H and O–H groups in total. The number of rotatable bonds is 7. The van der Waals surface area contributed by atoms with E-state index in [4.69, 9.17) is 14.0 Å². The maximum Gasteiger partial charge on any atom is 0.397 e. The minimum absolute atomic E-state index is 0.127. The molecule has 6 nitrogen and oxygen atoms in total. The molecule has 0 aromatic carbocycles. The summed E-state index contributed by atoms with van der Waals surface area (Å²) in [6.07, 6.45) is 1.41. The van der Waals surface area contributed by atoms with Gasteiger partial charge in [-0.15, -0.1) is 0 Å². The summed E-state index contributed by atoms with van der Waals surface area (Å²) in [6, 6.07) is 0. The summed E-state index contributed by atoms with van der Waals surface area (Å²) in [5.74, 6) is -0.330. The van der Waals surface area contributed by atoms with E-state index in [2.05, 4.69) is 10.1 Å². The van der Waals surface area contributed by atoms with Gasteiger partial charge in [0, 0.05) is 6.61 Å². The topological polar surface area (TPSA) is 74.5 Å². The lowest BCUT2D eigenvalue weighted by Crippen LogP contribution is -2.30. The molecule has 0 spiro atoms. The van der Waals surface area contributed by atoms with Gasteiger partial charge in [0.15, 0.2) is 0 Å². The summed E-state index contributed by atoms with van der Waals surface area (Å²) in [6.45, 7) is 8.42. The molecule has 0 amide bonds. The lowest BCUT2D eigenvalue weighted by atomic mass is 9.96. The quantitative estimate of drug-likeness (QED) is 0.697. The van der Waals surface area contributed by atoms with Gasteiger partial charge in [0.2, 0.25) is 5.82 Å². The van der Waals surface area contributed by atoms with Crippen LogP contribution in [-0.2, 0) is 15.1 Å². The average Bonchev–Trinajstić information content (AvgIpc) is 2.86. The molecule has 1 heterocycles. The predicted octanol–water partition coefficient (Wildman–Crippen LogP) is 2.30. The second-order valence-corrected chi connectivity index (χ2v) is 3.78. The molecule has 0 unspecified atom stereocenters. The maximum absolute atomic E-state index is 11.5. The predicted molar refractivity (Wildman–Crippen MR) is 64.1 cm³/mol. The molecule has 0 bridgehead atoms. The largest absolute Gasteiger partial charge is 0.459 e. The summed E-state index contributed by atoms with van der Waals surface area (Å²) in [4.78, 5) is 15.5. The van der Waals surface area contributed by atoms with Crippen LogP contribution >= 0.6 is 0 Å². The molecule has 0 saturated carbocycles. The van der Waals surface area contributed by atoms with Crippen molar-refractivity contribution in [2.45, 2.75) is 46.1 Å². The van der Waals surface area contributed by atoms with E-state index < -0.39 is 11.6 Å². The van der Waals surface area contributed by atoms with Crippen molar-refractivity contribution in [2.75, 3.05) is 13.2 Å². The minimum Gasteiger partial charge on any atom is -0.459 e. The van der Waals surface area contributed by atoms with Gasteiger partial charge in [-0.25, -0.2) is 4.79 Å². The van der Waals surface area contributed by atoms with Crippen molar-refractivity contribution in [1.82, 2.24) is 10.1 Å². The molecule has 0 aliphatic rings. The number of hydrogen-bond donors (Lipinski definition) is 0. The number of carbonyl (C=O) groups excluding carboxylic acids is 1. The van der Waals surface area contributed by atoms with E-state index in [1.54, 1.807) is 6.92 Å². The summed E-state index contributed by atoms with van der Waals surface area (Å²) < 4.78 is 15.5. The number of hydrogen-bond acceptors (Lipinski definition) is 6. The highest BCUT2D eigenvalue weighted by molar-refractivity contribution is 5.83. The Morgan fingerprint density at radius 1 is 1.22 bits per heavy atom. The van der Waals surface area contributed by atoms with E-state index in [-0.39, 0.29) is 12.5 Å². The lowest BCUT2D eigenvalue weighted by molar-refractivity contribution is -0.0583. The average molecular weight is 256 g/mol. The molecule has 1 aromatic heterocycles. The van der Waals surface area contributed by atoms with E-state index in [0.717, 1.165) is 0 Å². The number of esters is 1. The van der Waals surface area contributed by atoms with Crippen LogP contribution in [0.3, 0.4) is 0 Å². The molecule has 1 rings (SSSR count). The molecule has 102 valence electrons. The fraction of sp³-hybridized carbons (Fsp3) is 0.750. The van der Waals surface area contributed by atoms with Gasteiger partial charge >= 0.3 is 11.9 Å². The third kappa shape index (κ3) is 2.87. The second-order valence-electron chi connectivity index (χ2n) is 3.78. The highest BCUT2D eigenvalue weighted by Crippen LogP contribution is 2.30. The van der Waals surface area contributed by atoms with E-state index in [1.807, 2.05) is 20.8 Å². The van der Waals surface area contributed by atoms with Crippen molar-refractivity contribution in [3.63, 3.8) is 0 Å². The van der Waals surface area contributed by atoms with Crippen LogP contribution in [0.2, 0.25) is 0 Å². The Balaban J connectivity index is 2.97. The van der Waals surface area contributed by atoms with Crippen LogP contribution in [0.1, 0.15) is 57.0 Å². The van der Waals surface area contributed by atoms with Gasteiger partial charge in [0.1, 0.15) is 5.60 Å². The van der Waals surface area contributed by atoms with Crippen molar-refractivity contribution in [2.24, 2.45) is 0 Å². The van der Waals surface area contributed by atoms with Gasteiger partial charge in [-0.1, -0.05) is 19.0 Å². The normalized spacial score (nSPS) is 11.6. The first kappa shape index (κ1) is 14.6. The van der Waals surface area contributed by atoms with Crippen LogP contribution in [0.5, 0.6) is 0 Å². The van der Waals surface area contributed by atoms with E-state index in [0.29, 0.717) is 25.3 Å². The highest BCUT2D eigenvalue weighted by atomic mass is 16.6. The van der Waals surface area contributed by atoms with Crippen molar-refractivity contribution in [3.8, 4) is 0 Å². The Hall–Kier alpha value is -1.43. The van der Waals surface area contributed by atoms with Crippen LogP contribution < -0.4 is 0 Å². The molecule has 0 atom stereocenters. The molecule has 0 saturated heterocycles. The van der Waals surface area contributed by atoms with Crippen LogP contribution in [0.15, 0.2) is 4.52 Å². The Morgan fingerprint density at radius 3 is 2.39 bits per heavy atom. The van der Waals surface area contributed by atoms with Gasteiger partial charge in [-0.05, 0) is 26.7 Å². The first-order chi connectivity index (χ1) is 8.63. The fourth-order valence-corrected chi connectivity index (χ4v) is 1.80. The number of nitrogens with zero attached hydrogens (tertiary/aromatic N) is 2. The number of carbonyl (C=O) groups is 1. The Kier molecular flexibility index (Phi) is 5.27. The third-order valence-electron chi connectivity index (χ3n) is 2.85. The van der Waals surface area contributed by atoms with Crippen molar-refractivity contribution in [1.29, 1.82) is 0 Å². The highest BCUT2D eigenvalue weighted by Gasteiger charge is 2.35. The molecule has 1 aromatic rings. The summed E-state index contributed by atoms with van der Waals surface area (Å²) in [5, 5.41) is 3.84. The van der Waals surface area contributed by atoms with Crippen LogP contribution in [-0.4, -0.2) is 29.3 Å². The monoisotopic (exact) mass is 256 g/mol. The van der Waals surface area contributed by atoms with Crippen molar-refractivity contribution >= 4 is 5.97 Å². The van der Waals surface area contributed by atoms with Crippen molar-refractivity contribution < 1.29 is 18.8 Å². The van der Waals surface area contributed by atoms with Gasteiger partial charge in [0.05, 0.1) is 6.61 Å². The Morgan fingerprint density at radius 2 is 1.89 bits per heavy atom. The number of aromatic nitrogens is 2. The minimum atomic E-state index is -0.603. The molecule has 0 aliphatic carbocycles. The van der Waals surface area contributed by atoms with Crippen LogP contribution in [0, 0.1) is 0 Å². The smallest absolute Gasteiger partial charge is 0.397 e. The second kappa shape index (κ2) is 6.49. The Labute approximate surface area is 107 Å². The lowest BCUT2D eigenvalue weighted by Gasteiger charge is -2.27. The summed E-state index contributed by atoms with van der Waals surface area (Å²) in [5.41, 5.74) is -0.594. The zero-order valence-electron chi connectivity index (χ0n) is 11.4. The summed E-state index contributed by atoms with van der Waals surface area (Å²) >= 11 is 0. The standard InChI is InChI=1S/C12H20N2O4/c1-5-12(6-2,17-8-4)11-13-9(18-14-11)10(15)16-7-3/h5-8H2,1-4H3. The number of ether oxygens (including phenoxy) is 2. The molecular weight excluding hydrogens is 236 g/mol. The molecule has 0 radical (unpaired) electrons. The molecule has 6 heteroatoms. The van der Waals surface area contributed by atoms with E-state index in [1.165, 1.54) is 0 Å². The van der Waals surface area contributed by atoms with Gasteiger partial charge in [-0.3, -0.25) is 0 Å². The molecule has 0 fully saturated rings. The fourth-order valence-electron chi connectivity index (χ4n) is 1.80. The van der Waals surface area contributed by atoms with Crippen LogP contribution in [0.25, 0.3) is 0 Å². The zero-order chi connectivity index (χ0) is 13.6. The van der Waals surface area contributed by atoms with Gasteiger partial charge < -0.3 is 14.0 Å². The van der Waals surface area contributed by atoms with E-state index >= 15 is 0 Å². The Bertz CT molecular complexity index is 385. The third-order valence-corrected chi connectivity index (χ3v) is 2.85. The zero-order valence-corrected chi connectivity index (χ0v) is 11.4. The first-order valence-electron chi connectivity index (χ1n) is 6.28. The van der Waals surface area contributed by atoms with Crippen molar-refractivity contribution in [3.05, 3.63) is 11.7 Å². The molecular formula is C12H20N2O4. The van der Waals surface area contributed by atoms with Crippen LogP contribution in [0.4, 0.5) is 0 Å². The van der Waals surface area contributed by atoms with Gasteiger partial charge in [0.25, 0.3) is 0 Å². The summed E-state index contributed by atoms with van der Waals surface area (Å²) in [7, 11) is 0. The first-order valence-corrected chi connectivity index (χ1v) is 6.28. The molecule has 18 heavy (non-hydrogen) atoms.